The molecule has 0 heterocycles. The number of carboxylic acid groups (broad SMARTS) is 2. The van der Waals surface area contributed by atoms with Gasteiger partial charge in [-0.05, 0) is 44.9 Å². The zero-order chi connectivity index (χ0) is 22.5. The Kier molecular flexibility index (Phi) is 17.6. The van der Waals surface area contributed by atoms with E-state index in [1.54, 1.807) is 0 Å². The lowest BCUT2D eigenvalue weighted by Gasteiger charge is -2.11. The van der Waals surface area contributed by atoms with E-state index in [1.807, 2.05) is 12.2 Å². The zero-order valence-corrected chi connectivity index (χ0v) is 17.8. The fourth-order valence-electron chi connectivity index (χ4n) is 2.39. The number of unbranched alkanes of at least 4 members (excludes halogenated alkanes) is 1. The average Bonchev–Trinajstić information content (AvgIpc) is 2.69. The lowest BCUT2D eigenvalue weighted by atomic mass is 10.1. The molecule has 0 rings (SSSR count). The predicted octanol–water partition coefficient (Wildman–Crippen LogP) is 4.95. The van der Waals surface area contributed by atoms with E-state index in [0.717, 1.165) is 32.1 Å². The van der Waals surface area contributed by atoms with Gasteiger partial charge in [-0.1, -0.05) is 67.7 Å². The van der Waals surface area contributed by atoms with Crippen LogP contribution in [0.4, 0.5) is 0 Å². The molecule has 6 nitrogen and oxygen atoms in total. The van der Waals surface area contributed by atoms with Crippen molar-refractivity contribution in [3.05, 3.63) is 60.8 Å². The van der Waals surface area contributed by atoms with Crippen LogP contribution in [-0.2, 0) is 14.4 Å². The number of aliphatic carboxylic acids is 2. The van der Waals surface area contributed by atoms with Crippen LogP contribution in [-0.4, -0.2) is 34.1 Å². The lowest BCUT2D eigenvalue weighted by Crippen LogP contribution is -2.42. The van der Waals surface area contributed by atoms with Gasteiger partial charge in [0, 0.05) is 6.42 Å². The molecular formula is C24H35NO5. The minimum atomic E-state index is -1.39. The molecular weight excluding hydrogens is 382 g/mol. The fraction of sp³-hybridized carbons (Fsp3) is 0.458. The number of hydrogen-bond acceptors (Lipinski definition) is 3. The molecule has 3 N–H and O–H groups in total. The first-order valence-electron chi connectivity index (χ1n) is 10.5. The number of allylic oxidation sites excluding steroid dienone is 10. The van der Waals surface area contributed by atoms with Crippen molar-refractivity contribution in [1.82, 2.24) is 5.32 Å². The van der Waals surface area contributed by atoms with Crippen LogP contribution in [0.15, 0.2) is 60.8 Å². The Balaban J connectivity index is 3.78. The molecule has 166 valence electrons. The number of carboxylic acids is 2. The van der Waals surface area contributed by atoms with Crippen molar-refractivity contribution in [2.45, 2.75) is 70.8 Å². The Labute approximate surface area is 179 Å². The van der Waals surface area contributed by atoms with Gasteiger partial charge < -0.3 is 15.5 Å². The number of carbonyl (C=O) groups excluding carboxylic acids is 1. The highest BCUT2D eigenvalue weighted by molar-refractivity contribution is 5.86. The molecule has 1 amide bonds. The third-order valence-electron chi connectivity index (χ3n) is 3.94. The molecule has 0 aromatic carbocycles. The van der Waals surface area contributed by atoms with Crippen LogP contribution in [0.25, 0.3) is 0 Å². The molecule has 0 aromatic heterocycles. The van der Waals surface area contributed by atoms with Crippen LogP contribution >= 0.6 is 0 Å². The number of nitrogens with one attached hydrogen (secondary N) is 1. The van der Waals surface area contributed by atoms with E-state index in [2.05, 4.69) is 60.8 Å². The molecule has 1 unspecified atom stereocenters. The summed E-state index contributed by atoms with van der Waals surface area (Å²) in [5, 5.41) is 19.8. The molecule has 0 saturated heterocycles. The van der Waals surface area contributed by atoms with Gasteiger partial charge >= 0.3 is 11.9 Å². The van der Waals surface area contributed by atoms with Gasteiger partial charge in [0.25, 0.3) is 0 Å². The molecule has 0 bridgehead atoms. The summed E-state index contributed by atoms with van der Waals surface area (Å²) in [7, 11) is 0. The van der Waals surface area contributed by atoms with Crippen LogP contribution in [0.5, 0.6) is 0 Å². The highest BCUT2D eigenvalue weighted by atomic mass is 16.4. The van der Waals surface area contributed by atoms with Crippen molar-refractivity contribution >= 4 is 17.8 Å². The Hall–Kier alpha value is -2.89. The maximum Gasteiger partial charge on any atom is 0.326 e. The predicted molar refractivity (Wildman–Crippen MR) is 120 cm³/mol. The molecule has 0 fully saturated rings. The van der Waals surface area contributed by atoms with Crippen LogP contribution in [0.2, 0.25) is 0 Å². The van der Waals surface area contributed by atoms with Crippen LogP contribution in [0.1, 0.15) is 64.7 Å². The Morgan fingerprint density at radius 1 is 0.767 bits per heavy atom. The lowest BCUT2D eigenvalue weighted by molar-refractivity contribution is -0.147. The minimum absolute atomic E-state index is 0.164. The Morgan fingerprint density at radius 2 is 1.23 bits per heavy atom. The van der Waals surface area contributed by atoms with E-state index < -0.39 is 30.3 Å². The van der Waals surface area contributed by atoms with Crippen molar-refractivity contribution in [3.8, 4) is 0 Å². The van der Waals surface area contributed by atoms with Gasteiger partial charge in [-0.2, -0.15) is 0 Å². The highest BCUT2D eigenvalue weighted by Gasteiger charge is 2.22. The minimum Gasteiger partial charge on any atom is -0.481 e. The van der Waals surface area contributed by atoms with Crippen molar-refractivity contribution < 1.29 is 24.6 Å². The molecule has 30 heavy (non-hydrogen) atoms. The van der Waals surface area contributed by atoms with Gasteiger partial charge in [-0.25, -0.2) is 4.79 Å². The average molecular weight is 418 g/mol. The second-order valence-electron chi connectivity index (χ2n) is 6.66. The third-order valence-corrected chi connectivity index (χ3v) is 3.94. The van der Waals surface area contributed by atoms with Gasteiger partial charge in [-0.15, -0.1) is 0 Å². The van der Waals surface area contributed by atoms with Crippen molar-refractivity contribution in [3.63, 3.8) is 0 Å². The van der Waals surface area contributed by atoms with Crippen molar-refractivity contribution in [2.75, 3.05) is 0 Å². The smallest absolute Gasteiger partial charge is 0.326 e. The normalized spacial score (nSPS) is 13.2. The quantitative estimate of drug-likeness (QED) is 0.229. The second-order valence-corrected chi connectivity index (χ2v) is 6.66. The number of hydrogen-bond donors (Lipinski definition) is 3. The SMILES string of the molecule is CC/C=C\C/C=C\C/C=C\C/C=C\C/C=C\CCCC(=O)NC(CC(=O)O)C(=O)O. The standard InChI is InChI=1S/C24H35NO5/c1-2-3-4-5-6-7-8-9-10-11-12-13-14-15-16-17-18-19-22(26)25-21(24(29)30)20-23(27)28/h3-4,6-7,9-10,12-13,15-16,21H,2,5,8,11,14,17-20H2,1H3,(H,25,26)(H,27,28)(H,29,30)/b4-3-,7-6-,10-9-,13-12-,16-15-. The summed E-state index contributed by atoms with van der Waals surface area (Å²) < 4.78 is 0. The zero-order valence-electron chi connectivity index (χ0n) is 17.8. The highest BCUT2D eigenvalue weighted by Crippen LogP contribution is 2.01. The molecule has 0 aromatic rings. The third kappa shape index (κ3) is 18.5. The molecule has 0 saturated carbocycles. The summed E-state index contributed by atoms with van der Waals surface area (Å²) >= 11 is 0. The summed E-state index contributed by atoms with van der Waals surface area (Å²) in [4.78, 5) is 33.2. The number of rotatable bonds is 17. The van der Waals surface area contributed by atoms with Gasteiger partial charge in [-0.3, -0.25) is 9.59 Å². The molecule has 0 radical (unpaired) electrons. The first kappa shape index (κ1) is 27.1. The second kappa shape index (κ2) is 19.4. The van der Waals surface area contributed by atoms with Gasteiger partial charge in [0.2, 0.25) is 5.91 Å². The van der Waals surface area contributed by atoms with Gasteiger partial charge in [0.05, 0.1) is 6.42 Å². The van der Waals surface area contributed by atoms with Crippen molar-refractivity contribution in [2.24, 2.45) is 0 Å². The van der Waals surface area contributed by atoms with E-state index in [9.17, 15) is 14.4 Å². The van der Waals surface area contributed by atoms with E-state index in [-0.39, 0.29) is 6.42 Å². The van der Waals surface area contributed by atoms with Gasteiger partial charge in [0.15, 0.2) is 0 Å². The van der Waals surface area contributed by atoms with E-state index in [1.165, 1.54) is 0 Å². The van der Waals surface area contributed by atoms with Crippen LogP contribution in [0.3, 0.4) is 0 Å². The first-order valence-corrected chi connectivity index (χ1v) is 10.5. The number of amides is 1. The Bertz CT molecular complexity index is 644. The summed E-state index contributed by atoms with van der Waals surface area (Å²) in [6.45, 7) is 2.13. The largest absolute Gasteiger partial charge is 0.481 e. The van der Waals surface area contributed by atoms with E-state index in [0.29, 0.717) is 12.8 Å². The van der Waals surface area contributed by atoms with E-state index >= 15 is 0 Å². The monoisotopic (exact) mass is 417 g/mol. The molecule has 6 heteroatoms. The molecule has 0 aliphatic carbocycles. The fourth-order valence-corrected chi connectivity index (χ4v) is 2.39. The molecule has 1 atom stereocenters. The van der Waals surface area contributed by atoms with E-state index in [4.69, 9.17) is 10.2 Å². The van der Waals surface area contributed by atoms with Crippen LogP contribution in [0, 0.1) is 0 Å². The molecule has 0 aliphatic rings. The topological polar surface area (TPSA) is 104 Å². The van der Waals surface area contributed by atoms with Gasteiger partial charge in [0.1, 0.15) is 6.04 Å². The summed E-state index contributed by atoms with van der Waals surface area (Å²) in [5.41, 5.74) is 0. The first-order chi connectivity index (χ1) is 14.5. The number of carbonyl (C=O) groups is 3. The summed E-state index contributed by atoms with van der Waals surface area (Å²) in [6.07, 6.45) is 26.7. The van der Waals surface area contributed by atoms with Crippen LogP contribution < -0.4 is 5.32 Å². The molecule has 0 aliphatic heterocycles. The van der Waals surface area contributed by atoms with Crippen molar-refractivity contribution in [1.29, 1.82) is 0 Å². The maximum atomic E-state index is 11.7. The summed E-state index contributed by atoms with van der Waals surface area (Å²) in [5.74, 6) is -3.05. The maximum absolute atomic E-state index is 11.7. The molecule has 0 spiro atoms. The Morgan fingerprint density at radius 3 is 1.67 bits per heavy atom. The summed E-state index contributed by atoms with van der Waals surface area (Å²) in [6, 6.07) is -1.39.